The van der Waals surface area contributed by atoms with Crippen LogP contribution in [0.1, 0.15) is 59.1 Å². The SMILES string of the molecule is Cc1ccc(C=Nc2sc3c(c2C(=O)Nc2ccccc2)CC[C@@H](C(C)(C)C)C3)cc1Br. The van der Waals surface area contributed by atoms with Crippen LogP contribution in [-0.4, -0.2) is 12.1 Å². The standard InChI is InChI=1S/C27H29BrN2OS/c1-17-10-11-18(14-22(17)28)16-29-26-24(25(31)30-20-8-6-5-7-9-20)21-13-12-19(27(2,3)4)15-23(21)32-26/h5-11,14,16,19H,12-13,15H2,1-4H3,(H,30,31)/t19-/m1/s1. The minimum Gasteiger partial charge on any atom is -0.322 e. The number of aliphatic imine (C=N–C) groups is 1. The zero-order chi connectivity index (χ0) is 22.9. The topological polar surface area (TPSA) is 41.5 Å². The van der Waals surface area contributed by atoms with Crippen molar-refractivity contribution < 1.29 is 4.79 Å². The lowest BCUT2D eigenvalue weighted by Gasteiger charge is -2.33. The fourth-order valence-corrected chi connectivity index (χ4v) is 5.84. The number of hydrogen-bond acceptors (Lipinski definition) is 3. The van der Waals surface area contributed by atoms with Gasteiger partial charge >= 0.3 is 0 Å². The number of aryl methyl sites for hydroxylation is 1. The maximum atomic E-state index is 13.4. The third-order valence-corrected chi connectivity index (χ3v) is 8.27. The van der Waals surface area contributed by atoms with Crippen LogP contribution in [0.4, 0.5) is 10.7 Å². The molecule has 0 bridgehead atoms. The first kappa shape index (κ1) is 22.9. The number of amides is 1. The van der Waals surface area contributed by atoms with Gasteiger partial charge in [-0.05, 0) is 72.4 Å². The van der Waals surface area contributed by atoms with E-state index in [-0.39, 0.29) is 11.3 Å². The van der Waals surface area contributed by atoms with Gasteiger partial charge in [0.25, 0.3) is 5.91 Å². The first-order valence-corrected chi connectivity index (χ1v) is 12.6. The number of rotatable bonds is 4. The molecule has 1 aliphatic rings. The number of nitrogens with zero attached hydrogens (tertiary/aromatic N) is 1. The first-order chi connectivity index (χ1) is 15.2. The molecular formula is C27H29BrN2OS. The van der Waals surface area contributed by atoms with Crippen LogP contribution in [-0.2, 0) is 12.8 Å². The molecule has 1 atom stereocenters. The molecular weight excluding hydrogens is 480 g/mol. The van der Waals surface area contributed by atoms with Gasteiger partial charge in [0.1, 0.15) is 5.00 Å². The number of carbonyl (C=O) groups excluding carboxylic acids is 1. The van der Waals surface area contributed by atoms with Crippen LogP contribution in [0.15, 0.2) is 58.0 Å². The van der Waals surface area contributed by atoms with E-state index in [0.717, 1.165) is 45.6 Å². The van der Waals surface area contributed by atoms with Gasteiger partial charge in [-0.15, -0.1) is 11.3 Å². The lowest BCUT2D eigenvalue weighted by atomic mass is 9.72. The number of hydrogen-bond donors (Lipinski definition) is 1. The predicted molar refractivity (Wildman–Crippen MR) is 140 cm³/mol. The molecule has 3 nitrogen and oxygen atoms in total. The van der Waals surface area contributed by atoms with Crippen LogP contribution in [0.2, 0.25) is 0 Å². The Morgan fingerprint density at radius 1 is 1.19 bits per heavy atom. The summed E-state index contributed by atoms with van der Waals surface area (Å²) in [6.07, 6.45) is 4.91. The predicted octanol–water partition coefficient (Wildman–Crippen LogP) is 7.97. The normalized spacial score (nSPS) is 16.2. The third-order valence-electron chi connectivity index (χ3n) is 6.26. The summed E-state index contributed by atoms with van der Waals surface area (Å²) in [4.78, 5) is 19.5. The summed E-state index contributed by atoms with van der Waals surface area (Å²) in [7, 11) is 0. The number of carbonyl (C=O) groups is 1. The molecule has 3 aromatic rings. The Morgan fingerprint density at radius 3 is 2.62 bits per heavy atom. The number of halogens is 1. The van der Waals surface area contributed by atoms with Gasteiger partial charge in [0, 0.05) is 21.3 Å². The number of para-hydroxylation sites is 1. The highest BCUT2D eigenvalue weighted by Crippen LogP contribution is 2.45. The number of benzene rings is 2. The molecule has 0 unspecified atom stereocenters. The maximum absolute atomic E-state index is 13.4. The molecule has 2 aromatic carbocycles. The Morgan fingerprint density at radius 2 is 1.94 bits per heavy atom. The Kier molecular flexibility index (Phi) is 6.68. The summed E-state index contributed by atoms with van der Waals surface area (Å²) in [5.74, 6) is 0.545. The van der Waals surface area contributed by atoms with Crippen LogP contribution < -0.4 is 5.32 Å². The van der Waals surface area contributed by atoms with Crippen LogP contribution in [0.25, 0.3) is 0 Å². The molecule has 1 amide bonds. The first-order valence-electron chi connectivity index (χ1n) is 11.0. The zero-order valence-electron chi connectivity index (χ0n) is 19.0. The van der Waals surface area contributed by atoms with E-state index >= 15 is 0 Å². The van der Waals surface area contributed by atoms with E-state index in [1.54, 1.807) is 11.3 Å². The molecule has 1 aliphatic carbocycles. The van der Waals surface area contributed by atoms with Gasteiger partial charge in [-0.25, -0.2) is 4.99 Å². The molecule has 0 radical (unpaired) electrons. The Balaban J connectivity index is 1.71. The maximum Gasteiger partial charge on any atom is 0.259 e. The molecule has 32 heavy (non-hydrogen) atoms. The molecule has 0 aliphatic heterocycles. The summed E-state index contributed by atoms with van der Waals surface area (Å²) >= 11 is 5.27. The fourth-order valence-electron chi connectivity index (χ4n) is 4.17. The monoisotopic (exact) mass is 508 g/mol. The molecule has 166 valence electrons. The van der Waals surface area contributed by atoms with Crippen LogP contribution in [0.3, 0.4) is 0 Å². The smallest absolute Gasteiger partial charge is 0.259 e. The molecule has 0 spiro atoms. The number of nitrogens with one attached hydrogen (secondary N) is 1. The van der Waals surface area contributed by atoms with Crippen LogP contribution >= 0.6 is 27.3 Å². The third kappa shape index (κ3) is 5.05. The summed E-state index contributed by atoms with van der Waals surface area (Å²) in [6.45, 7) is 9.00. The van der Waals surface area contributed by atoms with Crippen molar-refractivity contribution in [2.75, 3.05) is 5.32 Å². The second-order valence-electron chi connectivity index (χ2n) is 9.58. The van der Waals surface area contributed by atoms with Gasteiger partial charge in [-0.1, -0.05) is 67.0 Å². The highest BCUT2D eigenvalue weighted by molar-refractivity contribution is 9.10. The number of fused-ring (bicyclic) bond motifs is 1. The highest BCUT2D eigenvalue weighted by atomic mass is 79.9. The van der Waals surface area contributed by atoms with E-state index in [1.807, 2.05) is 36.5 Å². The van der Waals surface area contributed by atoms with Gasteiger partial charge in [0.15, 0.2) is 0 Å². The van der Waals surface area contributed by atoms with Crippen molar-refractivity contribution >= 4 is 50.1 Å². The Bertz CT molecular complexity index is 1160. The van der Waals surface area contributed by atoms with Crippen molar-refractivity contribution in [2.45, 2.75) is 47.0 Å². The van der Waals surface area contributed by atoms with E-state index in [4.69, 9.17) is 4.99 Å². The van der Waals surface area contributed by atoms with Crippen molar-refractivity contribution in [3.05, 3.63) is 80.1 Å². The summed E-state index contributed by atoms with van der Waals surface area (Å²) in [5, 5.41) is 3.88. The van der Waals surface area contributed by atoms with Crippen LogP contribution in [0, 0.1) is 18.3 Å². The van der Waals surface area contributed by atoms with Gasteiger partial charge in [-0.2, -0.15) is 0 Å². The molecule has 1 heterocycles. The van der Waals surface area contributed by atoms with Crippen molar-refractivity contribution in [1.82, 2.24) is 0 Å². The number of thiophene rings is 1. The van der Waals surface area contributed by atoms with E-state index in [2.05, 4.69) is 67.1 Å². The van der Waals surface area contributed by atoms with Crippen molar-refractivity contribution in [3.63, 3.8) is 0 Å². The molecule has 5 heteroatoms. The fraction of sp³-hybridized carbons (Fsp3) is 0.333. The zero-order valence-corrected chi connectivity index (χ0v) is 21.4. The summed E-state index contributed by atoms with van der Waals surface area (Å²) < 4.78 is 1.06. The van der Waals surface area contributed by atoms with Gasteiger partial charge in [0.2, 0.25) is 0 Å². The molecule has 0 fully saturated rings. The molecule has 0 saturated heterocycles. The van der Waals surface area contributed by atoms with Crippen molar-refractivity contribution in [1.29, 1.82) is 0 Å². The Labute approximate surface area is 203 Å². The van der Waals surface area contributed by atoms with Crippen molar-refractivity contribution in [3.8, 4) is 0 Å². The lowest BCUT2D eigenvalue weighted by molar-refractivity contribution is 0.102. The lowest BCUT2D eigenvalue weighted by Crippen LogP contribution is -2.27. The second kappa shape index (κ2) is 9.32. The van der Waals surface area contributed by atoms with Crippen LogP contribution in [0.5, 0.6) is 0 Å². The average Bonchev–Trinajstić information content (AvgIpc) is 3.12. The van der Waals surface area contributed by atoms with E-state index in [1.165, 1.54) is 16.0 Å². The second-order valence-corrected chi connectivity index (χ2v) is 11.5. The van der Waals surface area contributed by atoms with Crippen molar-refractivity contribution in [2.24, 2.45) is 16.3 Å². The van der Waals surface area contributed by atoms with E-state index in [0.29, 0.717) is 5.92 Å². The molecule has 1 N–H and O–H groups in total. The average molecular weight is 510 g/mol. The van der Waals surface area contributed by atoms with E-state index in [9.17, 15) is 4.79 Å². The van der Waals surface area contributed by atoms with Gasteiger partial charge < -0.3 is 5.32 Å². The largest absolute Gasteiger partial charge is 0.322 e. The molecule has 4 rings (SSSR count). The minimum atomic E-state index is -0.0693. The van der Waals surface area contributed by atoms with Gasteiger partial charge in [-0.3, -0.25) is 4.79 Å². The number of anilines is 1. The highest BCUT2D eigenvalue weighted by Gasteiger charge is 2.33. The quantitative estimate of drug-likeness (QED) is 0.356. The summed E-state index contributed by atoms with van der Waals surface area (Å²) in [6, 6.07) is 15.8. The minimum absolute atomic E-state index is 0.0693. The summed E-state index contributed by atoms with van der Waals surface area (Å²) in [5.41, 5.74) is 5.18. The Hall–Kier alpha value is -2.24. The van der Waals surface area contributed by atoms with Gasteiger partial charge in [0.05, 0.1) is 5.56 Å². The molecule has 0 saturated carbocycles. The van der Waals surface area contributed by atoms with E-state index < -0.39 is 0 Å². The molecule has 1 aromatic heterocycles.